The van der Waals surface area contributed by atoms with Crippen LogP contribution in [0.4, 0.5) is 0 Å². The molecule has 3 N–H and O–H groups in total. The third kappa shape index (κ3) is 2.88. The molecule has 3 aliphatic rings. The molecule has 7 heteroatoms. The van der Waals surface area contributed by atoms with Crippen molar-refractivity contribution in [1.82, 2.24) is 10.2 Å². The number of likely N-dealkylation sites (tertiary alicyclic amines) is 1. The number of methoxy groups -OCH3 is 2. The molecule has 2 heterocycles. The molecule has 0 aromatic heterocycles. The zero-order valence-electron chi connectivity index (χ0n) is 16.3. The van der Waals surface area contributed by atoms with Gasteiger partial charge in [-0.05, 0) is 50.6 Å². The van der Waals surface area contributed by atoms with E-state index in [1.165, 1.54) is 5.56 Å². The van der Waals surface area contributed by atoms with Gasteiger partial charge in [0.25, 0.3) is 0 Å². The number of amides is 1. The summed E-state index contributed by atoms with van der Waals surface area (Å²) in [7, 11) is 5.50. The van der Waals surface area contributed by atoms with Gasteiger partial charge in [0.1, 0.15) is 11.8 Å². The van der Waals surface area contributed by atoms with Crippen molar-refractivity contribution < 1.29 is 19.0 Å². The van der Waals surface area contributed by atoms with Crippen LogP contribution in [0.15, 0.2) is 18.2 Å². The number of likely N-dealkylation sites (N-methyl/N-ethyl adjacent to an activating group) is 1. The Kier molecular flexibility index (Phi) is 4.56. The smallest absolute Gasteiger partial charge is 0.237 e. The predicted octanol–water partition coefficient (Wildman–Crippen LogP) is 1.000. The fourth-order valence-corrected chi connectivity index (χ4v) is 5.29. The fourth-order valence-electron chi connectivity index (χ4n) is 5.29. The second-order valence-electron chi connectivity index (χ2n) is 8.08. The lowest BCUT2D eigenvalue weighted by atomic mass is 9.64. The predicted molar refractivity (Wildman–Crippen MR) is 101 cm³/mol. The minimum Gasteiger partial charge on any atom is -0.493 e. The number of carbonyl (C=O) groups is 1. The first-order valence-electron chi connectivity index (χ1n) is 9.57. The van der Waals surface area contributed by atoms with Crippen molar-refractivity contribution in [2.75, 3.05) is 34.4 Å². The number of benzene rings is 1. The van der Waals surface area contributed by atoms with E-state index in [1.54, 1.807) is 14.2 Å². The molecule has 7 nitrogen and oxygen atoms in total. The molecule has 27 heavy (non-hydrogen) atoms. The second-order valence-corrected chi connectivity index (χ2v) is 8.08. The van der Waals surface area contributed by atoms with Crippen LogP contribution >= 0.6 is 0 Å². The van der Waals surface area contributed by atoms with Crippen molar-refractivity contribution in [2.45, 2.75) is 48.9 Å². The van der Waals surface area contributed by atoms with E-state index in [9.17, 15) is 4.79 Å². The number of rotatable bonds is 4. The van der Waals surface area contributed by atoms with Crippen LogP contribution in [-0.4, -0.2) is 63.0 Å². The van der Waals surface area contributed by atoms with Crippen molar-refractivity contribution in [1.29, 1.82) is 0 Å². The molecular weight excluding hydrogens is 346 g/mol. The van der Waals surface area contributed by atoms with Crippen molar-refractivity contribution in [2.24, 2.45) is 5.73 Å². The first-order chi connectivity index (χ1) is 12.9. The van der Waals surface area contributed by atoms with Crippen LogP contribution in [0.1, 0.15) is 31.2 Å². The number of primary amides is 1. The zero-order valence-corrected chi connectivity index (χ0v) is 16.3. The topological polar surface area (TPSA) is 86.1 Å². The highest BCUT2D eigenvalue weighted by molar-refractivity contribution is 5.80. The van der Waals surface area contributed by atoms with E-state index in [4.69, 9.17) is 19.9 Å². The SMILES string of the molecule is COc1ccc([C@]23CCN(C)[C@H]2CC2(CC3)N[C@H](C(N)=O)CO2)cc1OC. The van der Waals surface area contributed by atoms with Gasteiger partial charge >= 0.3 is 0 Å². The Morgan fingerprint density at radius 2 is 2.04 bits per heavy atom. The second kappa shape index (κ2) is 6.65. The molecule has 148 valence electrons. The number of nitrogens with two attached hydrogens (primary N) is 1. The van der Waals surface area contributed by atoms with Crippen molar-refractivity contribution in [3.8, 4) is 11.5 Å². The Morgan fingerprint density at radius 3 is 2.70 bits per heavy atom. The number of carbonyl (C=O) groups excluding carboxylic acids is 1. The van der Waals surface area contributed by atoms with Gasteiger partial charge in [-0.15, -0.1) is 0 Å². The lowest BCUT2D eigenvalue weighted by Gasteiger charge is -2.48. The molecule has 1 aliphatic carbocycles. The number of fused-ring (bicyclic) bond motifs is 1. The molecular formula is C20H29N3O4. The van der Waals surface area contributed by atoms with E-state index in [1.807, 2.05) is 6.07 Å². The minimum atomic E-state index is -0.455. The van der Waals surface area contributed by atoms with Crippen molar-refractivity contribution >= 4 is 5.91 Å². The van der Waals surface area contributed by atoms with Crippen LogP contribution in [0.3, 0.4) is 0 Å². The molecule has 3 fully saturated rings. The molecule has 4 rings (SSSR count). The van der Waals surface area contributed by atoms with E-state index in [0.29, 0.717) is 12.6 Å². The third-order valence-electron chi connectivity index (χ3n) is 6.84. The van der Waals surface area contributed by atoms with Crippen LogP contribution in [0, 0.1) is 0 Å². The fraction of sp³-hybridized carbons (Fsp3) is 0.650. The summed E-state index contributed by atoms with van der Waals surface area (Å²) < 4.78 is 17.0. The van der Waals surface area contributed by atoms with E-state index < -0.39 is 11.8 Å². The summed E-state index contributed by atoms with van der Waals surface area (Å²) in [5, 5.41) is 3.38. The standard InChI is InChI=1S/C20H29N3O4/c1-23-9-8-19(13-4-5-15(25-2)16(10-13)26-3)6-7-20(11-17(19)23)22-14(12-27-20)18(21)24/h4-5,10,14,17,22H,6-9,11-12H2,1-3H3,(H2,21,24)/t14-,17-,19-,20?/m0/s1. The Labute approximate surface area is 160 Å². The first kappa shape index (κ1) is 18.5. The molecule has 1 unspecified atom stereocenters. The van der Waals surface area contributed by atoms with Crippen LogP contribution < -0.4 is 20.5 Å². The van der Waals surface area contributed by atoms with Crippen LogP contribution in [0.25, 0.3) is 0 Å². The molecule has 2 saturated heterocycles. The van der Waals surface area contributed by atoms with E-state index in [-0.39, 0.29) is 11.3 Å². The van der Waals surface area contributed by atoms with Gasteiger partial charge in [0, 0.05) is 17.9 Å². The van der Waals surface area contributed by atoms with Crippen LogP contribution in [0.2, 0.25) is 0 Å². The number of ether oxygens (including phenoxy) is 3. The molecule has 1 aromatic carbocycles. The summed E-state index contributed by atoms with van der Waals surface area (Å²) >= 11 is 0. The summed E-state index contributed by atoms with van der Waals surface area (Å²) in [6.45, 7) is 1.39. The minimum absolute atomic E-state index is 0.0510. The number of nitrogens with one attached hydrogen (secondary N) is 1. The molecule has 0 radical (unpaired) electrons. The lowest BCUT2D eigenvalue weighted by Crippen LogP contribution is -2.58. The number of nitrogens with zero attached hydrogens (tertiary/aromatic N) is 1. The number of hydrogen-bond donors (Lipinski definition) is 2. The quantitative estimate of drug-likeness (QED) is 0.817. The summed E-state index contributed by atoms with van der Waals surface area (Å²) in [6.07, 6.45) is 3.77. The summed E-state index contributed by atoms with van der Waals surface area (Å²) in [5.74, 6) is 1.17. The molecule has 2 aliphatic heterocycles. The zero-order chi connectivity index (χ0) is 19.2. The highest BCUT2D eigenvalue weighted by atomic mass is 16.5. The van der Waals surface area contributed by atoms with Crippen LogP contribution in [0.5, 0.6) is 11.5 Å². The average Bonchev–Trinajstić information content (AvgIpc) is 3.24. The monoisotopic (exact) mass is 375 g/mol. The molecule has 4 atom stereocenters. The van der Waals surface area contributed by atoms with Crippen molar-refractivity contribution in [3.63, 3.8) is 0 Å². The molecule has 0 bridgehead atoms. The Bertz CT molecular complexity index is 742. The van der Waals surface area contributed by atoms with Gasteiger partial charge < -0.3 is 24.8 Å². The van der Waals surface area contributed by atoms with E-state index >= 15 is 0 Å². The van der Waals surface area contributed by atoms with Gasteiger partial charge in [-0.1, -0.05) is 6.07 Å². The maximum Gasteiger partial charge on any atom is 0.237 e. The Morgan fingerprint density at radius 1 is 1.26 bits per heavy atom. The van der Waals surface area contributed by atoms with Gasteiger partial charge in [-0.3, -0.25) is 10.1 Å². The van der Waals surface area contributed by atoms with Crippen molar-refractivity contribution in [3.05, 3.63) is 23.8 Å². The Hall–Kier alpha value is -1.83. The highest BCUT2D eigenvalue weighted by Gasteiger charge is 2.57. The summed E-state index contributed by atoms with van der Waals surface area (Å²) in [5.41, 5.74) is 6.36. The van der Waals surface area contributed by atoms with Gasteiger partial charge in [0.05, 0.1) is 20.8 Å². The maximum atomic E-state index is 11.6. The molecule has 1 amide bonds. The molecule has 1 saturated carbocycles. The molecule has 1 spiro atoms. The van der Waals surface area contributed by atoms with Gasteiger partial charge in [-0.2, -0.15) is 0 Å². The van der Waals surface area contributed by atoms with E-state index in [2.05, 4.69) is 29.4 Å². The summed E-state index contributed by atoms with van der Waals surface area (Å²) in [6, 6.07) is 6.21. The average molecular weight is 375 g/mol. The number of hydrogen-bond acceptors (Lipinski definition) is 6. The van der Waals surface area contributed by atoms with E-state index in [0.717, 1.165) is 43.7 Å². The first-order valence-corrected chi connectivity index (χ1v) is 9.57. The normalized spacial score (nSPS) is 36.0. The summed E-state index contributed by atoms with van der Waals surface area (Å²) in [4.78, 5) is 14.0. The van der Waals surface area contributed by atoms with Gasteiger partial charge in [0.2, 0.25) is 5.91 Å². The molecule has 1 aromatic rings. The van der Waals surface area contributed by atoms with Gasteiger partial charge in [-0.25, -0.2) is 0 Å². The highest BCUT2D eigenvalue weighted by Crippen LogP contribution is 2.53. The largest absolute Gasteiger partial charge is 0.493 e. The van der Waals surface area contributed by atoms with Crippen LogP contribution in [-0.2, 0) is 14.9 Å². The third-order valence-corrected chi connectivity index (χ3v) is 6.84. The maximum absolute atomic E-state index is 11.6. The lowest BCUT2D eigenvalue weighted by molar-refractivity contribution is -0.119. The van der Waals surface area contributed by atoms with Gasteiger partial charge in [0.15, 0.2) is 11.5 Å². The Balaban J connectivity index is 1.65.